The molecule has 2 saturated carbocycles. The maximum atomic E-state index is 13.1. The summed E-state index contributed by atoms with van der Waals surface area (Å²) in [7, 11) is -3.92. The topological polar surface area (TPSA) is 113 Å². The zero-order chi connectivity index (χ0) is 24.8. The van der Waals surface area contributed by atoms with Crippen molar-refractivity contribution in [2.24, 2.45) is 23.7 Å². The molecule has 0 unspecified atom stereocenters. The number of carbonyl (C=O) groups excluding carboxylic acids is 1. The molecule has 0 aliphatic heterocycles. The minimum Gasteiger partial charge on any atom is -0.481 e. The van der Waals surface area contributed by atoms with Gasteiger partial charge >= 0.3 is 5.97 Å². The Bertz CT molecular complexity index is 1270. The Morgan fingerprint density at radius 3 is 2.00 bits per heavy atom. The highest BCUT2D eigenvalue weighted by Crippen LogP contribution is 2.57. The van der Waals surface area contributed by atoms with Crippen LogP contribution < -0.4 is 10.0 Å². The predicted octanol–water partition coefficient (Wildman–Crippen LogP) is 5.43. The van der Waals surface area contributed by atoms with Gasteiger partial charge in [-0.05, 0) is 81.0 Å². The minimum absolute atomic E-state index is 0.0169. The van der Waals surface area contributed by atoms with E-state index >= 15 is 0 Å². The number of carbonyl (C=O) groups is 2. The van der Waals surface area contributed by atoms with Gasteiger partial charge in [-0.15, -0.1) is 0 Å². The van der Waals surface area contributed by atoms with Crippen LogP contribution in [0, 0.1) is 23.7 Å². The molecule has 10 heteroatoms. The summed E-state index contributed by atoms with van der Waals surface area (Å²) in [5, 5.41) is 13.2. The fourth-order valence-corrected chi connectivity index (χ4v) is 6.94. The number of rotatable bonds is 6. The van der Waals surface area contributed by atoms with Gasteiger partial charge in [-0.2, -0.15) is 0 Å². The number of fused-ring (bicyclic) bond motifs is 2. The van der Waals surface area contributed by atoms with Crippen LogP contribution in [0.4, 0.5) is 11.4 Å². The van der Waals surface area contributed by atoms with Crippen molar-refractivity contribution < 1.29 is 23.1 Å². The first-order chi connectivity index (χ1) is 16.0. The second-order valence-corrected chi connectivity index (χ2v) is 11.5. The number of allylic oxidation sites excluding steroid dienone is 2. The fraction of sp³-hybridized carbons (Fsp3) is 0.333. The molecule has 0 saturated heterocycles. The summed E-state index contributed by atoms with van der Waals surface area (Å²) < 4.78 is 27.9. The zero-order valence-corrected chi connectivity index (χ0v) is 20.8. The monoisotopic (exact) mass is 522 g/mol. The number of amides is 1. The van der Waals surface area contributed by atoms with Crippen LogP contribution in [0.5, 0.6) is 0 Å². The first-order valence-corrected chi connectivity index (χ1v) is 13.0. The van der Waals surface area contributed by atoms with E-state index in [1.54, 1.807) is 0 Å². The van der Waals surface area contributed by atoms with Crippen LogP contribution in [-0.2, 0) is 19.6 Å². The Labute approximate surface area is 208 Å². The molecule has 4 atom stereocenters. The van der Waals surface area contributed by atoms with Crippen LogP contribution in [0.2, 0.25) is 10.0 Å². The number of hydrogen-bond acceptors (Lipinski definition) is 4. The second-order valence-electron chi connectivity index (χ2n) is 8.91. The predicted molar refractivity (Wildman–Crippen MR) is 132 cm³/mol. The standard InChI is InChI=1S/C24H24Cl2N2O5S/c1-12(2)20-18-7-8-19(20)22(24(30)31)21(18)23(29)27-15-3-5-17(6-4-15)34(32,33)28-16-10-13(25)9-14(26)11-16/h3-6,9-11,18-19,21-22,28H,7-8H2,1-2H3,(H,27,29)(H,30,31)/t18-,19-,21-,22+/m1/s1. The van der Waals surface area contributed by atoms with E-state index in [1.807, 2.05) is 13.8 Å². The lowest BCUT2D eigenvalue weighted by Crippen LogP contribution is -2.37. The zero-order valence-electron chi connectivity index (χ0n) is 18.5. The summed E-state index contributed by atoms with van der Waals surface area (Å²) in [4.78, 5) is 25.1. The van der Waals surface area contributed by atoms with Gasteiger partial charge in [0.1, 0.15) is 0 Å². The normalized spacial score (nSPS) is 23.6. The van der Waals surface area contributed by atoms with E-state index in [0.717, 1.165) is 24.0 Å². The maximum Gasteiger partial charge on any atom is 0.307 e. The average Bonchev–Trinajstić information content (AvgIpc) is 3.29. The van der Waals surface area contributed by atoms with Crippen molar-refractivity contribution in [3.8, 4) is 0 Å². The van der Waals surface area contributed by atoms with Crippen molar-refractivity contribution in [2.75, 3.05) is 10.0 Å². The number of carboxylic acids is 1. The summed E-state index contributed by atoms with van der Waals surface area (Å²) in [6, 6.07) is 10.0. The largest absolute Gasteiger partial charge is 0.481 e. The van der Waals surface area contributed by atoms with Crippen molar-refractivity contribution >= 4 is 56.5 Å². The lowest BCUT2D eigenvalue weighted by Gasteiger charge is -2.26. The van der Waals surface area contributed by atoms with Crippen molar-refractivity contribution in [3.63, 3.8) is 0 Å². The summed E-state index contributed by atoms with van der Waals surface area (Å²) in [5.41, 5.74) is 2.79. The number of nitrogens with one attached hydrogen (secondary N) is 2. The molecule has 2 aliphatic carbocycles. The molecule has 34 heavy (non-hydrogen) atoms. The summed E-state index contributed by atoms with van der Waals surface area (Å²) in [6.07, 6.45) is 1.58. The highest BCUT2D eigenvalue weighted by molar-refractivity contribution is 7.92. The molecule has 4 rings (SSSR count). The van der Waals surface area contributed by atoms with Gasteiger partial charge in [0, 0.05) is 15.7 Å². The third-order valence-corrected chi connectivity index (χ3v) is 8.39. The fourth-order valence-electron chi connectivity index (χ4n) is 5.37. The molecule has 2 aliphatic rings. The van der Waals surface area contributed by atoms with Gasteiger partial charge < -0.3 is 10.4 Å². The van der Waals surface area contributed by atoms with E-state index in [1.165, 1.54) is 42.5 Å². The van der Waals surface area contributed by atoms with Crippen LogP contribution in [0.3, 0.4) is 0 Å². The number of anilines is 2. The van der Waals surface area contributed by atoms with Gasteiger partial charge in [-0.1, -0.05) is 34.3 Å². The molecule has 2 aromatic rings. The average molecular weight is 523 g/mol. The van der Waals surface area contributed by atoms with E-state index in [2.05, 4.69) is 10.0 Å². The van der Waals surface area contributed by atoms with E-state index in [4.69, 9.17) is 23.2 Å². The molecule has 2 aromatic carbocycles. The smallest absolute Gasteiger partial charge is 0.307 e. The number of hydrogen-bond donors (Lipinski definition) is 3. The van der Waals surface area contributed by atoms with E-state index in [-0.39, 0.29) is 28.3 Å². The molecule has 2 fully saturated rings. The summed E-state index contributed by atoms with van der Waals surface area (Å²) in [6.45, 7) is 3.93. The van der Waals surface area contributed by atoms with Crippen LogP contribution >= 0.6 is 23.2 Å². The molecule has 7 nitrogen and oxygen atoms in total. The quantitative estimate of drug-likeness (QED) is 0.438. The molecule has 0 aromatic heterocycles. The van der Waals surface area contributed by atoms with Crippen LogP contribution in [0.1, 0.15) is 26.7 Å². The lowest BCUT2D eigenvalue weighted by atomic mass is 9.78. The first-order valence-electron chi connectivity index (χ1n) is 10.8. The number of aliphatic carboxylic acids is 1. The Hall–Kier alpha value is -2.55. The molecule has 2 bridgehead atoms. The minimum atomic E-state index is -3.92. The third kappa shape index (κ3) is 4.67. The molecule has 0 spiro atoms. The summed E-state index contributed by atoms with van der Waals surface area (Å²) in [5.74, 6) is -2.91. The Morgan fingerprint density at radius 1 is 0.912 bits per heavy atom. The number of sulfonamides is 1. The van der Waals surface area contributed by atoms with Crippen molar-refractivity contribution in [3.05, 3.63) is 63.7 Å². The molecule has 0 heterocycles. The molecule has 3 N–H and O–H groups in total. The number of halogens is 2. The van der Waals surface area contributed by atoms with Gasteiger partial charge in [0.25, 0.3) is 10.0 Å². The molecule has 180 valence electrons. The van der Waals surface area contributed by atoms with Gasteiger partial charge in [-0.3, -0.25) is 14.3 Å². The molecular formula is C24H24Cl2N2O5S. The van der Waals surface area contributed by atoms with Crippen LogP contribution in [0.15, 0.2) is 58.5 Å². The molecule has 0 radical (unpaired) electrons. The Balaban J connectivity index is 1.51. The third-order valence-electron chi connectivity index (χ3n) is 6.55. The van der Waals surface area contributed by atoms with Crippen molar-refractivity contribution in [1.82, 2.24) is 0 Å². The SMILES string of the molecule is CC(C)=C1[C@H]2CC[C@H]1[C@@H](C(=O)Nc1ccc(S(=O)(=O)Nc3cc(Cl)cc(Cl)c3)cc1)[C@H]2C(=O)O. The van der Waals surface area contributed by atoms with Crippen molar-refractivity contribution in [1.29, 1.82) is 0 Å². The summed E-state index contributed by atoms with van der Waals surface area (Å²) >= 11 is 11.9. The molecule has 1 amide bonds. The number of carboxylic acid groups (broad SMARTS) is 1. The second kappa shape index (κ2) is 9.24. The van der Waals surface area contributed by atoms with Gasteiger partial charge in [0.2, 0.25) is 5.91 Å². The van der Waals surface area contributed by atoms with Gasteiger partial charge in [-0.25, -0.2) is 8.42 Å². The lowest BCUT2D eigenvalue weighted by molar-refractivity contribution is -0.148. The highest BCUT2D eigenvalue weighted by Gasteiger charge is 2.57. The van der Waals surface area contributed by atoms with Crippen molar-refractivity contribution in [2.45, 2.75) is 31.6 Å². The van der Waals surface area contributed by atoms with Gasteiger partial charge in [0.05, 0.1) is 22.4 Å². The Morgan fingerprint density at radius 2 is 1.47 bits per heavy atom. The van der Waals surface area contributed by atoms with Gasteiger partial charge in [0.15, 0.2) is 0 Å². The van der Waals surface area contributed by atoms with E-state index in [9.17, 15) is 23.1 Å². The van der Waals surface area contributed by atoms with E-state index in [0.29, 0.717) is 15.7 Å². The van der Waals surface area contributed by atoms with E-state index < -0.39 is 27.8 Å². The number of benzene rings is 2. The molecular weight excluding hydrogens is 499 g/mol. The van der Waals surface area contributed by atoms with Crippen LogP contribution in [-0.4, -0.2) is 25.4 Å². The Kier molecular flexibility index (Phi) is 6.68. The van der Waals surface area contributed by atoms with Crippen LogP contribution in [0.25, 0.3) is 0 Å². The highest BCUT2D eigenvalue weighted by atomic mass is 35.5. The first kappa shape index (κ1) is 24.6. The maximum absolute atomic E-state index is 13.1.